The van der Waals surface area contributed by atoms with E-state index in [1.54, 1.807) is 6.07 Å². The smallest absolute Gasteiger partial charge is 0.166 e. The van der Waals surface area contributed by atoms with Crippen LogP contribution in [0.25, 0.3) is 0 Å². The molecule has 1 aliphatic rings. The zero-order valence-electron chi connectivity index (χ0n) is 11.3. The molecule has 0 N–H and O–H groups in total. The molecule has 0 aliphatic carbocycles. The largest absolute Gasteiger partial charge is 0.366 e. The quantitative estimate of drug-likeness (QED) is 0.848. The zero-order valence-corrected chi connectivity index (χ0v) is 11.3. The molecule has 1 heterocycles. The first-order valence-corrected chi connectivity index (χ1v) is 6.74. The second-order valence-corrected chi connectivity index (χ2v) is 5.07. The lowest BCUT2D eigenvalue weighted by molar-refractivity contribution is 0.0979. The number of nitriles is 1. The molecular weight excluding hydrogens is 267 g/mol. The maximum atomic E-state index is 13.5. The summed E-state index contributed by atoms with van der Waals surface area (Å²) < 4.78 is 13.5. The number of carbonyl (C=O) groups is 1. The number of anilines is 1. The van der Waals surface area contributed by atoms with Gasteiger partial charge in [-0.15, -0.1) is 0 Å². The van der Waals surface area contributed by atoms with E-state index in [1.165, 1.54) is 12.1 Å². The van der Waals surface area contributed by atoms with Gasteiger partial charge in [-0.3, -0.25) is 4.79 Å². The summed E-state index contributed by atoms with van der Waals surface area (Å²) in [6, 6.07) is 13.7. The highest BCUT2D eigenvalue weighted by Crippen LogP contribution is 2.28. The molecule has 0 fully saturated rings. The van der Waals surface area contributed by atoms with Crippen LogP contribution < -0.4 is 4.90 Å². The molecule has 1 aliphatic heterocycles. The first-order valence-electron chi connectivity index (χ1n) is 6.74. The Morgan fingerprint density at radius 2 is 2.05 bits per heavy atom. The minimum Gasteiger partial charge on any atom is -0.366 e. The van der Waals surface area contributed by atoms with E-state index in [0.29, 0.717) is 30.6 Å². The lowest BCUT2D eigenvalue weighted by atomic mass is 9.99. The number of fused-ring (bicyclic) bond motifs is 1. The fourth-order valence-corrected chi connectivity index (χ4v) is 2.67. The summed E-state index contributed by atoms with van der Waals surface area (Å²) in [5.41, 5.74) is 2.62. The maximum absolute atomic E-state index is 13.5. The number of hydrogen-bond acceptors (Lipinski definition) is 3. The van der Waals surface area contributed by atoms with E-state index >= 15 is 0 Å². The van der Waals surface area contributed by atoms with Crippen LogP contribution in [0, 0.1) is 17.1 Å². The van der Waals surface area contributed by atoms with Crippen molar-refractivity contribution in [1.29, 1.82) is 5.26 Å². The molecule has 2 aromatic carbocycles. The molecule has 4 heteroatoms. The van der Waals surface area contributed by atoms with Gasteiger partial charge in [0.2, 0.25) is 0 Å². The maximum Gasteiger partial charge on any atom is 0.166 e. The minimum absolute atomic E-state index is 0.138. The number of para-hydroxylation sites is 1. The van der Waals surface area contributed by atoms with E-state index in [2.05, 4.69) is 0 Å². The molecule has 3 nitrogen and oxygen atoms in total. The van der Waals surface area contributed by atoms with Crippen LogP contribution in [0.1, 0.15) is 27.9 Å². The van der Waals surface area contributed by atoms with Crippen LogP contribution in [0.4, 0.5) is 10.1 Å². The predicted octanol–water partition coefficient (Wildman–Crippen LogP) is 3.29. The van der Waals surface area contributed by atoms with Crippen molar-refractivity contribution in [3.8, 4) is 6.07 Å². The van der Waals surface area contributed by atoms with Gasteiger partial charge in [0.05, 0.1) is 11.6 Å². The van der Waals surface area contributed by atoms with Crippen LogP contribution in [0.15, 0.2) is 42.5 Å². The van der Waals surface area contributed by atoms with E-state index < -0.39 is 5.82 Å². The summed E-state index contributed by atoms with van der Waals surface area (Å²) in [6.45, 7) is 1.09. The highest BCUT2D eigenvalue weighted by Gasteiger charge is 2.22. The summed E-state index contributed by atoms with van der Waals surface area (Å²) >= 11 is 0. The molecule has 0 aromatic heterocycles. The van der Waals surface area contributed by atoms with Crippen LogP contribution in [-0.2, 0) is 6.54 Å². The third kappa shape index (κ3) is 2.63. The molecule has 0 saturated carbocycles. The number of carbonyl (C=O) groups excluding carboxylic acids is 1. The summed E-state index contributed by atoms with van der Waals surface area (Å²) in [5, 5.41) is 8.91. The molecule has 21 heavy (non-hydrogen) atoms. The van der Waals surface area contributed by atoms with Gasteiger partial charge < -0.3 is 4.90 Å². The molecular formula is C17H13FN2O. The molecule has 0 amide bonds. The Morgan fingerprint density at radius 3 is 2.86 bits per heavy atom. The molecule has 0 unspecified atom stereocenters. The molecule has 104 valence electrons. The van der Waals surface area contributed by atoms with Gasteiger partial charge in [0.1, 0.15) is 5.82 Å². The Balaban J connectivity index is 1.93. The summed E-state index contributed by atoms with van der Waals surface area (Å²) in [5.74, 6) is -0.274. The van der Waals surface area contributed by atoms with Gasteiger partial charge in [-0.25, -0.2) is 4.39 Å². The molecule has 0 atom stereocenters. The van der Waals surface area contributed by atoms with Crippen LogP contribution in [0.2, 0.25) is 0 Å². The van der Waals surface area contributed by atoms with Crippen LogP contribution >= 0.6 is 0 Å². The number of rotatable bonds is 2. The van der Waals surface area contributed by atoms with Gasteiger partial charge >= 0.3 is 0 Å². The fourth-order valence-electron chi connectivity index (χ4n) is 2.67. The zero-order chi connectivity index (χ0) is 14.8. The first kappa shape index (κ1) is 13.3. The number of Topliss-reactive ketones (excluding diaryl/α,β-unsaturated/α-hetero) is 1. The molecule has 0 spiro atoms. The molecule has 0 radical (unpaired) electrons. The van der Waals surface area contributed by atoms with Crippen LogP contribution in [-0.4, -0.2) is 12.3 Å². The van der Waals surface area contributed by atoms with Crippen LogP contribution in [0.5, 0.6) is 0 Å². The van der Waals surface area contributed by atoms with Gasteiger partial charge in [-0.05, 0) is 35.9 Å². The van der Waals surface area contributed by atoms with Crippen molar-refractivity contribution >= 4 is 11.5 Å². The normalized spacial score (nSPS) is 13.7. The Labute approximate surface area is 122 Å². The number of nitrogens with zero attached hydrogens (tertiary/aromatic N) is 2. The highest BCUT2D eigenvalue weighted by atomic mass is 19.1. The lowest BCUT2D eigenvalue weighted by Gasteiger charge is -2.30. The van der Waals surface area contributed by atoms with E-state index in [0.717, 1.165) is 11.3 Å². The Morgan fingerprint density at radius 1 is 1.24 bits per heavy atom. The van der Waals surface area contributed by atoms with E-state index in [-0.39, 0.29) is 5.78 Å². The number of halogens is 1. The van der Waals surface area contributed by atoms with Crippen molar-refractivity contribution < 1.29 is 9.18 Å². The molecule has 3 rings (SSSR count). The van der Waals surface area contributed by atoms with E-state index in [1.807, 2.05) is 35.2 Å². The minimum atomic E-state index is -0.412. The van der Waals surface area contributed by atoms with Gasteiger partial charge in [0, 0.05) is 30.8 Å². The van der Waals surface area contributed by atoms with Crippen molar-refractivity contribution in [3.63, 3.8) is 0 Å². The Bertz CT molecular complexity index is 749. The van der Waals surface area contributed by atoms with Gasteiger partial charge in [0.25, 0.3) is 0 Å². The monoisotopic (exact) mass is 280 g/mol. The Kier molecular flexibility index (Phi) is 3.41. The second kappa shape index (κ2) is 5.37. The van der Waals surface area contributed by atoms with E-state index in [9.17, 15) is 9.18 Å². The average Bonchev–Trinajstić information content (AvgIpc) is 2.50. The van der Waals surface area contributed by atoms with Crippen LogP contribution in [0.3, 0.4) is 0 Å². The fraction of sp³-hybridized carbons (Fsp3) is 0.176. The lowest BCUT2D eigenvalue weighted by Crippen LogP contribution is -2.31. The summed E-state index contributed by atoms with van der Waals surface area (Å²) in [4.78, 5) is 14.0. The molecule has 0 saturated heterocycles. The molecule has 0 bridgehead atoms. The van der Waals surface area contributed by atoms with Crippen molar-refractivity contribution in [2.24, 2.45) is 0 Å². The van der Waals surface area contributed by atoms with Gasteiger partial charge in [-0.1, -0.05) is 12.1 Å². The molecule has 2 aromatic rings. The van der Waals surface area contributed by atoms with Crippen molar-refractivity contribution in [1.82, 2.24) is 0 Å². The number of hydrogen-bond donors (Lipinski definition) is 0. The average molecular weight is 280 g/mol. The highest BCUT2D eigenvalue weighted by molar-refractivity contribution is 6.03. The number of benzene rings is 2. The SMILES string of the molecule is N#Cc1cc(F)cc(CN2CCC(=O)c3ccccc32)c1. The van der Waals surface area contributed by atoms with Crippen molar-refractivity contribution in [2.45, 2.75) is 13.0 Å². The van der Waals surface area contributed by atoms with E-state index in [4.69, 9.17) is 5.26 Å². The standard InChI is InChI=1S/C17H13FN2O/c18-14-8-12(10-19)7-13(9-14)11-20-6-5-17(21)15-3-1-2-4-16(15)20/h1-4,7-9H,5-6,11H2. The topological polar surface area (TPSA) is 44.1 Å². The summed E-state index contributed by atoms with van der Waals surface area (Å²) in [6.07, 6.45) is 0.456. The van der Waals surface area contributed by atoms with Crippen molar-refractivity contribution in [2.75, 3.05) is 11.4 Å². The summed E-state index contributed by atoms with van der Waals surface area (Å²) in [7, 11) is 0. The third-order valence-corrected chi connectivity index (χ3v) is 3.61. The number of ketones is 1. The third-order valence-electron chi connectivity index (χ3n) is 3.61. The van der Waals surface area contributed by atoms with Gasteiger partial charge in [-0.2, -0.15) is 5.26 Å². The predicted molar refractivity (Wildman–Crippen MR) is 77.6 cm³/mol. The second-order valence-electron chi connectivity index (χ2n) is 5.07. The first-order chi connectivity index (χ1) is 10.2. The Hall–Kier alpha value is -2.67. The van der Waals surface area contributed by atoms with Gasteiger partial charge in [0.15, 0.2) is 5.78 Å². The van der Waals surface area contributed by atoms with Crippen molar-refractivity contribution in [3.05, 3.63) is 65.0 Å².